The lowest BCUT2D eigenvalue weighted by atomic mass is 9.69. The fourth-order valence-electron chi connectivity index (χ4n) is 5.65. The molecule has 0 spiro atoms. The van der Waals surface area contributed by atoms with Crippen molar-refractivity contribution < 1.29 is 19.5 Å². The standard InChI is InChI=1S/C27H33N3O4/c1-4-16-11-13-21-23(22(16)25(32)28-3)27(34)30(20(5-2)15-31)24(21)26(33)29-19-12-10-17-8-6-7-9-18(17)14-19/h6-14,16,20-24,31H,4-5,15H2,1-3H3,(H,28,32)(H,29,33)/t16-,20+,21+,22-,23+,24+/m1/s1. The van der Waals surface area contributed by atoms with Gasteiger partial charge < -0.3 is 20.6 Å². The molecule has 1 fully saturated rings. The molecule has 180 valence electrons. The highest BCUT2D eigenvalue weighted by Crippen LogP contribution is 2.46. The van der Waals surface area contributed by atoms with Gasteiger partial charge in [-0.2, -0.15) is 0 Å². The van der Waals surface area contributed by atoms with Crippen molar-refractivity contribution in [2.24, 2.45) is 23.7 Å². The number of nitrogens with one attached hydrogen (secondary N) is 2. The maximum atomic E-state index is 13.8. The van der Waals surface area contributed by atoms with Crippen LogP contribution in [0.2, 0.25) is 0 Å². The monoisotopic (exact) mass is 463 g/mol. The minimum absolute atomic E-state index is 0.0801. The van der Waals surface area contributed by atoms with Gasteiger partial charge in [0.25, 0.3) is 0 Å². The molecule has 0 unspecified atom stereocenters. The highest BCUT2D eigenvalue weighted by Gasteiger charge is 2.58. The van der Waals surface area contributed by atoms with Crippen LogP contribution in [0, 0.1) is 23.7 Å². The predicted octanol–water partition coefficient (Wildman–Crippen LogP) is 2.95. The first-order chi connectivity index (χ1) is 16.4. The lowest BCUT2D eigenvalue weighted by Crippen LogP contribution is -2.50. The molecule has 34 heavy (non-hydrogen) atoms. The first-order valence-corrected chi connectivity index (χ1v) is 12.1. The van der Waals surface area contributed by atoms with Crippen LogP contribution in [0.25, 0.3) is 10.8 Å². The third-order valence-electron chi connectivity index (χ3n) is 7.43. The van der Waals surface area contributed by atoms with Gasteiger partial charge >= 0.3 is 0 Å². The van der Waals surface area contributed by atoms with Crippen LogP contribution in [-0.2, 0) is 14.4 Å². The van der Waals surface area contributed by atoms with Crippen molar-refractivity contribution in [1.29, 1.82) is 0 Å². The maximum Gasteiger partial charge on any atom is 0.247 e. The number of likely N-dealkylation sites (tertiary alicyclic amines) is 1. The smallest absolute Gasteiger partial charge is 0.247 e. The van der Waals surface area contributed by atoms with E-state index in [2.05, 4.69) is 10.6 Å². The third-order valence-corrected chi connectivity index (χ3v) is 7.43. The normalized spacial score (nSPS) is 26.9. The fourth-order valence-corrected chi connectivity index (χ4v) is 5.65. The molecule has 7 heteroatoms. The minimum atomic E-state index is -0.803. The van der Waals surface area contributed by atoms with Gasteiger partial charge in [0.1, 0.15) is 6.04 Å². The van der Waals surface area contributed by atoms with Gasteiger partial charge in [-0.25, -0.2) is 0 Å². The van der Waals surface area contributed by atoms with E-state index in [4.69, 9.17) is 0 Å². The summed E-state index contributed by atoms with van der Waals surface area (Å²) >= 11 is 0. The molecule has 1 aliphatic carbocycles. The van der Waals surface area contributed by atoms with Gasteiger partial charge in [0.05, 0.1) is 24.5 Å². The third kappa shape index (κ3) is 4.09. The van der Waals surface area contributed by atoms with E-state index in [0.717, 1.165) is 17.2 Å². The zero-order chi connectivity index (χ0) is 24.4. The van der Waals surface area contributed by atoms with Gasteiger partial charge in [0, 0.05) is 18.7 Å². The van der Waals surface area contributed by atoms with Crippen LogP contribution in [-0.4, -0.2) is 53.5 Å². The van der Waals surface area contributed by atoms with Gasteiger partial charge in [-0.1, -0.05) is 56.3 Å². The minimum Gasteiger partial charge on any atom is -0.394 e. The topological polar surface area (TPSA) is 98.7 Å². The first kappa shape index (κ1) is 24.0. The number of hydrogen-bond donors (Lipinski definition) is 3. The summed E-state index contributed by atoms with van der Waals surface area (Å²) in [5.74, 6) is -2.44. The molecule has 1 saturated heterocycles. The van der Waals surface area contributed by atoms with Crippen LogP contribution in [0.3, 0.4) is 0 Å². The van der Waals surface area contributed by atoms with Crippen LogP contribution in [0.15, 0.2) is 54.6 Å². The number of rotatable bonds is 7. The van der Waals surface area contributed by atoms with Gasteiger partial charge in [-0.3, -0.25) is 14.4 Å². The van der Waals surface area contributed by atoms with Crippen LogP contribution in [0.4, 0.5) is 5.69 Å². The van der Waals surface area contributed by atoms with Crippen LogP contribution in [0.5, 0.6) is 0 Å². The number of anilines is 1. The van der Waals surface area contributed by atoms with Gasteiger partial charge in [-0.05, 0) is 41.7 Å². The Labute approximate surface area is 200 Å². The van der Waals surface area contributed by atoms with E-state index in [0.29, 0.717) is 12.1 Å². The predicted molar refractivity (Wildman–Crippen MR) is 132 cm³/mol. The number of aliphatic hydroxyl groups excluding tert-OH is 1. The number of benzene rings is 2. The zero-order valence-corrected chi connectivity index (χ0v) is 19.9. The Bertz CT molecular complexity index is 1110. The van der Waals surface area contributed by atoms with Crippen molar-refractivity contribution in [3.63, 3.8) is 0 Å². The van der Waals surface area contributed by atoms with E-state index < -0.39 is 29.8 Å². The number of amides is 3. The average Bonchev–Trinajstić information content (AvgIpc) is 3.16. The number of nitrogens with zero attached hydrogens (tertiary/aromatic N) is 1. The molecule has 1 heterocycles. The molecule has 0 saturated carbocycles. The maximum absolute atomic E-state index is 13.8. The number of hydrogen-bond acceptors (Lipinski definition) is 4. The number of fused-ring (bicyclic) bond motifs is 2. The summed E-state index contributed by atoms with van der Waals surface area (Å²) in [5.41, 5.74) is 0.644. The SMILES string of the molecule is CC[C@@H](CO)N1C(=O)[C@H]2[C@H](C=C[C@@H](CC)[C@H]2C(=O)NC)[C@H]1C(=O)Nc1ccc2ccccc2c1. The first-order valence-electron chi connectivity index (χ1n) is 12.1. The molecule has 2 aromatic carbocycles. The summed E-state index contributed by atoms with van der Waals surface area (Å²) in [4.78, 5) is 41.8. The van der Waals surface area contributed by atoms with Crippen molar-refractivity contribution >= 4 is 34.2 Å². The summed E-state index contributed by atoms with van der Waals surface area (Å²) in [7, 11) is 1.58. The largest absolute Gasteiger partial charge is 0.394 e. The second-order valence-corrected chi connectivity index (χ2v) is 9.19. The molecule has 1 aliphatic heterocycles. The molecule has 3 N–H and O–H groups in total. The summed E-state index contributed by atoms with van der Waals surface area (Å²) in [6.07, 6.45) is 5.14. The van der Waals surface area contributed by atoms with E-state index >= 15 is 0 Å². The lowest BCUT2D eigenvalue weighted by molar-refractivity contribution is -0.142. The summed E-state index contributed by atoms with van der Waals surface area (Å²) in [5, 5.41) is 17.8. The Kier molecular flexibility index (Phi) is 7.03. The molecule has 0 radical (unpaired) electrons. The highest BCUT2D eigenvalue weighted by atomic mass is 16.3. The Morgan fingerprint density at radius 3 is 2.44 bits per heavy atom. The molecule has 2 aliphatic rings. The molecule has 4 rings (SSSR count). The lowest BCUT2D eigenvalue weighted by Gasteiger charge is -2.34. The van der Waals surface area contributed by atoms with E-state index in [-0.39, 0.29) is 30.2 Å². The summed E-state index contributed by atoms with van der Waals surface area (Å²) < 4.78 is 0. The molecule has 2 aromatic rings. The molecular formula is C27H33N3O4. The molecule has 7 nitrogen and oxygen atoms in total. The van der Waals surface area contributed by atoms with Crippen LogP contribution >= 0.6 is 0 Å². The Balaban J connectivity index is 1.72. The number of carbonyl (C=O) groups is 3. The molecule has 6 atom stereocenters. The van der Waals surface area contributed by atoms with E-state index in [9.17, 15) is 19.5 Å². The average molecular weight is 464 g/mol. The molecule has 0 bridgehead atoms. The number of carbonyl (C=O) groups excluding carboxylic acids is 3. The molecule has 0 aromatic heterocycles. The summed E-state index contributed by atoms with van der Waals surface area (Å²) in [6.45, 7) is 3.64. The van der Waals surface area contributed by atoms with Crippen molar-refractivity contribution in [2.75, 3.05) is 19.0 Å². The quantitative estimate of drug-likeness (QED) is 0.550. The van der Waals surface area contributed by atoms with Crippen LogP contribution in [0.1, 0.15) is 26.7 Å². The number of allylic oxidation sites excluding steroid dienone is 1. The van der Waals surface area contributed by atoms with Gasteiger partial charge in [-0.15, -0.1) is 0 Å². The van der Waals surface area contributed by atoms with E-state index in [1.54, 1.807) is 7.05 Å². The van der Waals surface area contributed by atoms with Gasteiger partial charge in [0.15, 0.2) is 0 Å². The second-order valence-electron chi connectivity index (χ2n) is 9.19. The Morgan fingerprint density at radius 2 is 1.79 bits per heavy atom. The van der Waals surface area contributed by atoms with E-state index in [1.807, 2.05) is 68.5 Å². The molecule has 3 amide bonds. The number of aliphatic hydroxyl groups is 1. The second kappa shape index (κ2) is 9.97. The zero-order valence-electron chi connectivity index (χ0n) is 19.9. The Morgan fingerprint density at radius 1 is 1.06 bits per heavy atom. The van der Waals surface area contributed by atoms with Crippen LogP contribution < -0.4 is 10.6 Å². The van der Waals surface area contributed by atoms with Crippen molar-refractivity contribution in [3.8, 4) is 0 Å². The van der Waals surface area contributed by atoms with Gasteiger partial charge in [0.2, 0.25) is 17.7 Å². The highest BCUT2D eigenvalue weighted by molar-refractivity contribution is 6.03. The Hall–Kier alpha value is -3.19. The van der Waals surface area contributed by atoms with Crippen molar-refractivity contribution in [1.82, 2.24) is 10.2 Å². The fraction of sp³-hybridized carbons (Fsp3) is 0.444. The molecular weight excluding hydrogens is 430 g/mol. The van der Waals surface area contributed by atoms with Crippen molar-refractivity contribution in [3.05, 3.63) is 54.6 Å². The van der Waals surface area contributed by atoms with E-state index in [1.165, 1.54) is 4.90 Å². The summed E-state index contributed by atoms with van der Waals surface area (Å²) in [6, 6.07) is 12.3. The van der Waals surface area contributed by atoms with Crippen molar-refractivity contribution in [2.45, 2.75) is 38.8 Å².